The monoisotopic (exact) mass is 402 g/mol. The molecule has 0 aliphatic heterocycles. The van der Waals surface area contributed by atoms with Crippen molar-refractivity contribution in [2.24, 2.45) is 11.8 Å². The van der Waals surface area contributed by atoms with Crippen molar-refractivity contribution in [2.45, 2.75) is 103 Å². The van der Waals surface area contributed by atoms with Crippen LogP contribution in [0.5, 0.6) is 0 Å². The van der Waals surface area contributed by atoms with E-state index in [0.717, 1.165) is 18.3 Å². The van der Waals surface area contributed by atoms with Crippen LogP contribution in [0.1, 0.15) is 109 Å². The van der Waals surface area contributed by atoms with Gasteiger partial charge in [0.15, 0.2) is 0 Å². The maximum Gasteiger partial charge on any atom is -0.0100 e. The first-order valence-electron chi connectivity index (χ1n) is 12.5. The molecular formula is C30H42. The summed E-state index contributed by atoms with van der Waals surface area (Å²) in [5.74, 6) is 1.76. The number of hydrogen-bond donors (Lipinski definition) is 0. The molecule has 0 bridgehead atoms. The van der Waals surface area contributed by atoms with Crippen molar-refractivity contribution < 1.29 is 0 Å². The molecule has 1 aromatic carbocycles. The van der Waals surface area contributed by atoms with Gasteiger partial charge in [0.2, 0.25) is 0 Å². The molecule has 30 heavy (non-hydrogen) atoms. The summed E-state index contributed by atoms with van der Waals surface area (Å²) in [6, 6.07) is 7.31. The lowest BCUT2D eigenvalue weighted by Gasteiger charge is -2.42. The second-order valence-corrected chi connectivity index (χ2v) is 11.5. The Bertz CT molecular complexity index is 858. The summed E-state index contributed by atoms with van der Waals surface area (Å²) in [6.45, 7) is 12.1. The maximum absolute atomic E-state index is 2.51. The minimum Gasteiger partial charge on any atom is -0.0726 e. The zero-order valence-electron chi connectivity index (χ0n) is 20.1. The molecule has 1 aromatic rings. The Morgan fingerprint density at radius 3 is 2.43 bits per heavy atom. The van der Waals surface area contributed by atoms with Crippen LogP contribution in [0.3, 0.4) is 0 Å². The standard InChI is InChI=1S/C30H42/c1-6-22-9-7-10-23(14-13-22)24-11-8-12-25(16-15-24)26-17-18-27-28(21-26)30(4,5)20-19-29(27,2)3/h8,11-12,16-18,21-23H,6-7,9-10,13-15,19-20H2,1-5H3. The van der Waals surface area contributed by atoms with E-state index >= 15 is 0 Å². The summed E-state index contributed by atoms with van der Waals surface area (Å²) in [7, 11) is 0. The van der Waals surface area contributed by atoms with Crippen molar-refractivity contribution in [1.82, 2.24) is 0 Å². The van der Waals surface area contributed by atoms with E-state index in [1.807, 2.05) is 0 Å². The third-order valence-electron chi connectivity index (χ3n) is 8.52. The highest BCUT2D eigenvalue weighted by Gasteiger charge is 2.37. The summed E-state index contributed by atoms with van der Waals surface area (Å²) >= 11 is 0. The predicted molar refractivity (Wildman–Crippen MR) is 132 cm³/mol. The van der Waals surface area contributed by atoms with E-state index in [1.54, 1.807) is 16.7 Å². The molecule has 0 aromatic heterocycles. The molecule has 1 saturated carbocycles. The normalized spacial score (nSPS) is 28.0. The highest BCUT2D eigenvalue weighted by Crippen LogP contribution is 2.46. The van der Waals surface area contributed by atoms with Gasteiger partial charge >= 0.3 is 0 Å². The Hall–Kier alpha value is -1.56. The molecule has 0 amide bonds. The fourth-order valence-electron chi connectivity index (χ4n) is 6.08. The average molecular weight is 403 g/mol. The minimum absolute atomic E-state index is 0.273. The summed E-state index contributed by atoms with van der Waals surface area (Å²) in [5.41, 5.74) is 8.16. The fraction of sp³-hybridized carbons (Fsp3) is 0.600. The lowest BCUT2D eigenvalue weighted by Crippen LogP contribution is -2.33. The first kappa shape index (κ1) is 21.7. The molecule has 162 valence electrons. The minimum atomic E-state index is 0.273. The van der Waals surface area contributed by atoms with Gasteiger partial charge in [-0.05, 0) is 83.5 Å². The third-order valence-corrected chi connectivity index (χ3v) is 8.52. The fourth-order valence-corrected chi connectivity index (χ4v) is 6.08. The Morgan fingerprint density at radius 2 is 1.67 bits per heavy atom. The molecule has 0 nitrogen and oxygen atoms in total. The van der Waals surface area contributed by atoms with Crippen molar-refractivity contribution >= 4 is 5.57 Å². The summed E-state index contributed by atoms with van der Waals surface area (Å²) in [5, 5.41) is 0. The molecule has 1 fully saturated rings. The molecule has 3 aliphatic carbocycles. The summed E-state index contributed by atoms with van der Waals surface area (Å²) < 4.78 is 0. The molecule has 2 unspecified atom stereocenters. The summed E-state index contributed by atoms with van der Waals surface area (Å²) in [6.07, 6.45) is 21.7. The van der Waals surface area contributed by atoms with Crippen molar-refractivity contribution in [3.63, 3.8) is 0 Å². The largest absolute Gasteiger partial charge is 0.0726 e. The molecule has 0 N–H and O–H groups in total. The van der Waals surface area contributed by atoms with E-state index in [2.05, 4.69) is 77.1 Å². The Balaban J connectivity index is 1.55. The van der Waals surface area contributed by atoms with E-state index in [1.165, 1.54) is 62.5 Å². The lowest BCUT2D eigenvalue weighted by atomic mass is 9.63. The van der Waals surface area contributed by atoms with Gasteiger partial charge in [-0.1, -0.05) is 102 Å². The Kier molecular flexibility index (Phi) is 6.16. The van der Waals surface area contributed by atoms with Crippen LogP contribution in [0.4, 0.5) is 0 Å². The number of hydrogen-bond acceptors (Lipinski definition) is 0. The topological polar surface area (TPSA) is 0 Å². The first-order valence-corrected chi connectivity index (χ1v) is 12.5. The van der Waals surface area contributed by atoms with E-state index < -0.39 is 0 Å². The molecule has 0 radical (unpaired) electrons. The van der Waals surface area contributed by atoms with Crippen LogP contribution >= 0.6 is 0 Å². The first-order chi connectivity index (χ1) is 14.3. The quantitative estimate of drug-likeness (QED) is 0.443. The molecule has 2 atom stereocenters. The Labute approximate surface area is 185 Å². The molecule has 0 spiro atoms. The van der Waals surface area contributed by atoms with Crippen LogP contribution < -0.4 is 0 Å². The van der Waals surface area contributed by atoms with Gasteiger partial charge in [0, 0.05) is 0 Å². The molecule has 0 heteroatoms. The zero-order valence-corrected chi connectivity index (χ0v) is 20.1. The number of rotatable bonds is 3. The van der Waals surface area contributed by atoms with Gasteiger partial charge in [0.1, 0.15) is 0 Å². The Morgan fingerprint density at radius 1 is 0.900 bits per heavy atom. The highest BCUT2D eigenvalue weighted by atomic mass is 14.4. The van der Waals surface area contributed by atoms with Crippen molar-refractivity contribution in [3.05, 3.63) is 64.8 Å². The average Bonchev–Trinajstić information content (AvgIpc) is 3.12. The molecule has 4 rings (SSSR count). The van der Waals surface area contributed by atoms with Crippen LogP contribution in [-0.4, -0.2) is 0 Å². The van der Waals surface area contributed by atoms with Gasteiger partial charge < -0.3 is 0 Å². The van der Waals surface area contributed by atoms with Crippen LogP contribution in [0.25, 0.3) is 5.57 Å². The van der Waals surface area contributed by atoms with E-state index in [-0.39, 0.29) is 5.41 Å². The van der Waals surface area contributed by atoms with Gasteiger partial charge in [-0.3, -0.25) is 0 Å². The smallest absolute Gasteiger partial charge is 0.0100 e. The van der Waals surface area contributed by atoms with Gasteiger partial charge in [0.05, 0.1) is 0 Å². The number of allylic oxidation sites excluding steroid dienone is 6. The number of fused-ring (bicyclic) bond motifs is 1. The number of benzene rings is 1. The second kappa shape index (κ2) is 8.52. The molecular weight excluding hydrogens is 360 g/mol. The third kappa shape index (κ3) is 4.39. The van der Waals surface area contributed by atoms with E-state index in [9.17, 15) is 0 Å². The predicted octanol–water partition coefficient (Wildman–Crippen LogP) is 8.91. The van der Waals surface area contributed by atoms with Crippen molar-refractivity contribution in [1.29, 1.82) is 0 Å². The van der Waals surface area contributed by atoms with Crippen LogP contribution in [-0.2, 0) is 10.8 Å². The van der Waals surface area contributed by atoms with Crippen molar-refractivity contribution in [2.75, 3.05) is 0 Å². The van der Waals surface area contributed by atoms with Crippen LogP contribution in [0.15, 0.2) is 48.1 Å². The SMILES string of the molecule is CCC1CCCC(C2=CC=CC(c3ccc4c(c3)C(C)(C)CCC4(C)C)=CC2)CC1. The van der Waals surface area contributed by atoms with Crippen LogP contribution in [0, 0.1) is 11.8 Å². The molecule has 0 heterocycles. The molecule has 3 aliphatic rings. The highest BCUT2D eigenvalue weighted by molar-refractivity contribution is 5.76. The van der Waals surface area contributed by atoms with Gasteiger partial charge in [0.25, 0.3) is 0 Å². The van der Waals surface area contributed by atoms with Gasteiger partial charge in [-0.25, -0.2) is 0 Å². The van der Waals surface area contributed by atoms with Gasteiger partial charge in [-0.2, -0.15) is 0 Å². The lowest BCUT2D eigenvalue weighted by molar-refractivity contribution is 0.332. The zero-order chi connectivity index (χ0) is 21.4. The van der Waals surface area contributed by atoms with E-state index in [4.69, 9.17) is 0 Å². The van der Waals surface area contributed by atoms with Gasteiger partial charge in [-0.15, -0.1) is 0 Å². The molecule has 0 saturated heterocycles. The second-order valence-electron chi connectivity index (χ2n) is 11.5. The summed E-state index contributed by atoms with van der Waals surface area (Å²) in [4.78, 5) is 0. The van der Waals surface area contributed by atoms with Crippen LogP contribution in [0.2, 0.25) is 0 Å². The van der Waals surface area contributed by atoms with E-state index in [0.29, 0.717) is 5.41 Å². The van der Waals surface area contributed by atoms with Crippen molar-refractivity contribution in [3.8, 4) is 0 Å². The maximum atomic E-state index is 2.51.